The minimum absolute atomic E-state index is 0.0389. The number of aromatic nitrogens is 2. The maximum absolute atomic E-state index is 9.23. The molecular formula is C14H18N2O2. The Bertz CT molecular complexity index is 506. The molecule has 18 heavy (non-hydrogen) atoms. The number of hydrogen-bond donors (Lipinski definition) is 1. The van der Waals surface area contributed by atoms with Crippen LogP contribution in [0.1, 0.15) is 17.0 Å². The van der Waals surface area contributed by atoms with Gasteiger partial charge in [0.05, 0.1) is 18.8 Å². The maximum Gasteiger partial charge on any atom is 0.119 e. The van der Waals surface area contributed by atoms with Gasteiger partial charge in [-0.05, 0) is 26.0 Å². The molecular weight excluding hydrogens is 228 g/mol. The summed E-state index contributed by atoms with van der Waals surface area (Å²) in [6.45, 7) is 5.16. The lowest BCUT2D eigenvalue weighted by atomic mass is 10.2. The van der Waals surface area contributed by atoms with E-state index in [1.807, 2.05) is 48.9 Å². The summed E-state index contributed by atoms with van der Waals surface area (Å²) in [7, 11) is 0. The Balaban J connectivity index is 1.95. The fourth-order valence-electron chi connectivity index (χ4n) is 1.95. The molecule has 0 saturated heterocycles. The molecule has 0 bridgehead atoms. The zero-order valence-electron chi connectivity index (χ0n) is 10.8. The van der Waals surface area contributed by atoms with E-state index in [-0.39, 0.29) is 6.61 Å². The molecule has 0 aliphatic heterocycles. The van der Waals surface area contributed by atoms with Gasteiger partial charge in [-0.1, -0.05) is 18.2 Å². The van der Waals surface area contributed by atoms with E-state index in [1.54, 1.807) is 0 Å². The molecule has 0 aliphatic carbocycles. The minimum Gasteiger partial charge on any atom is -0.492 e. The van der Waals surface area contributed by atoms with Gasteiger partial charge in [0.2, 0.25) is 0 Å². The van der Waals surface area contributed by atoms with Gasteiger partial charge in [-0.25, -0.2) is 0 Å². The highest BCUT2D eigenvalue weighted by Gasteiger charge is 2.09. The van der Waals surface area contributed by atoms with Crippen molar-refractivity contribution >= 4 is 0 Å². The number of nitrogens with zero attached hydrogens (tertiary/aromatic N) is 2. The van der Waals surface area contributed by atoms with E-state index < -0.39 is 0 Å². The molecule has 0 fully saturated rings. The molecule has 2 rings (SSSR count). The van der Waals surface area contributed by atoms with E-state index in [0.717, 1.165) is 22.7 Å². The highest BCUT2D eigenvalue weighted by atomic mass is 16.5. The molecule has 1 aromatic carbocycles. The average molecular weight is 246 g/mol. The fraction of sp³-hybridized carbons (Fsp3) is 0.357. The van der Waals surface area contributed by atoms with Crippen molar-refractivity contribution in [3.63, 3.8) is 0 Å². The third kappa shape index (κ3) is 2.71. The Morgan fingerprint density at radius 1 is 1.22 bits per heavy atom. The topological polar surface area (TPSA) is 47.3 Å². The Morgan fingerprint density at radius 2 is 1.94 bits per heavy atom. The van der Waals surface area contributed by atoms with Crippen LogP contribution in [0.3, 0.4) is 0 Å². The quantitative estimate of drug-likeness (QED) is 0.878. The van der Waals surface area contributed by atoms with Gasteiger partial charge in [0.25, 0.3) is 0 Å². The van der Waals surface area contributed by atoms with E-state index in [0.29, 0.717) is 13.2 Å². The SMILES string of the molecule is Cc1nn(CCOc2ccccc2)c(C)c1CO. The van der Waals surface area contributed by atoms with Crippen LogP contribution in [-0.2, 0) is 13.2 Å². The van der Waals surface area contributed by atoms with Crippen LogP contribution in [0.25, 0.3) is 0 Å². The number of ether oxygens (including phenoxy) is 1. The Kier molecular flexibility index (Phi) is 3.99. The molecule has 4 heteroatoms. The summed E-state index contributed by atoms with van der Waals surface area (Å²) in [6.07, 6.45) is 0. The molecule has 1 heterocycles. The van der Waals surface area contributed by atoms with Gasteiger partial charge in [-0.2, -0.15) is 5.10 Å². The molecule has 2 aromatic rings. The van der Waals surface area contributed by atoms with Gasteiger partial charge in [0.1, 0.15) is 12.4 Å². The third-order valence-electron chi connectivity index (χ3n) is 3.00. The molecule has 1 N–H and O–H groups in total. The summed E-state index contributed by atoms with van der Waals surface area (Å²) in [5.74, 6) is 0.862. The second-order valence-corrected chi connectivity index (χ2v) is 4.19. The molecule has 0 radical (unpaired) electrons. The first-order valence-electron chi connectivity index (χ1n) is 6.04. The van der Waals surface area contributed by atoms with Gasteiger partial charge < -0.3 is 9.84 Å². The second-order valence-electron chi connectivity index (χ2n) is 4.19. The summed E-state index contributed by atoms with van der Waals surface area (Å²) in [4.78, 5) is 0. The Morgan fingerprint density at radius 3 is 2.56 bits per heavy atom. The molecule has 1 aromatic heterocycles. The molecule has 0 saturated carbocycles. The van der Waals surface area contributed by atoms with Crippen molar-refractivity contribution in [1.29, 1.82) is 0 Å². The van der Waals surface area contributed by atoms with E-state index in [9.17, 15) is 5.11 Å². The van der Waals surface area contributed by atoms with E-state index in [4.69, 9.17) is 4.74 Å². The molecule has 0 atom stereocenters. The van der Waals surface area contributed by atoms with Gasteiger partial charge in [0, 0.05) is 11.3 Å². The Labute approximate surface area is 107 Å². The van der Waals surface area contributed by atoms with Gasteiger partial charge >= 0.3 is 0 Å². The van der Waals surface area contributed by atoms with Crippen molar-refractivity contribution in [3.05, 3.63) is 47.3 Å². The monoisotopic (exact) mass is 246 g/mol. The number of aliphatic hydroxyl groups excluding tert-OH is 1. The standard InChI is InChI=1S/C14H18N2O2/c1-11-14(10-17)12(2)16(15-11)8-9-18-13-6-4-3-5-7-13/h3-7,17H,8-10H2,1-2H3. The maximum atomic E-state index is 9.23. The first-order chi connectivity index (χ1) is 8.72. The average Bonchev–Trinajstić information content (AvgIpc) is 2.65. The number of benzene rings is 1. The predicted molar refractivity (Wildman–Crippen MR) is 69.6 cm³/mol. The lowest BCUT2D eigenvalue weighted by molar-refractivity contribution is 0.278. The van der Waals surface area contributed by atoms with Crippen molar-refractivity contribution in [2.24, 2.45) is 0 Å². The van der Waals surface area contributed by atoms with Crippen molar-refractivity contribution in [2.45, 2.75) is 27.0 Å². The highest BCUT2D eigenvalue weighted by molar-refractivity contribution is 5.23. The molecule has 4 nitrogen and oxygen atoms in total. The van der Waals surface area contributed by atoms with Crippen LogP contribution < -0.4 is 4.74 Å². The Hall–Kier alpha value is -1.81. The van der Waals surface area contributed by atoms with Crippen molar-refractivity contribution < 1.29 is 9.84 Å². The number of para-hydroxylation sites is 1. The van der Waals surface area contributed by atoms with Gasteiger partial charge in [-0.15, -0.1) is 0 Å². The van der Waals surface area contributed by atoms with Crippen LogP contribution in [0.15, 0.2) is 30.3 Å². The molecule has 0 aliphatic rings. The number of aryl methyl sites for hydroxylation is 1. The summed E-state index contributed by atoms with van der Waals surface area (Å²) >= 11 is 0. The number of aliphatic hydroxyl groups is 1. The normalized spacial score (nSPS) is 10.6. The van der Waals surface area contributed by atoms with Crippen LogP contribution >= 0.6 is 0 Å². The van der Waals surface area contributed by atoms with Crippen LogP contribution in [0.2, 0.25) is 0 Å². The van der Waals surface area contributed by atoms with Crippen LogP contribution in [0.5, 0.6) is 5.75 Å². The van der Waals surface area contributed by atoms with E-state index in [2.05, 4.69) is 5.10 Å². The first-order valence-corrected chi connectivity index (χ1v) is 6.04. The van der Waals surface area contributed by atoms with Crippen molar-refractivity contribution in [3.8, 4) is 5.75 Å². The molecule has 0 amide bonds. The third-order valence-corrected chi connectivity index (χ3v) is 3.00. The van der Waals surface area contributed by atoms with Crippen molar-refractivity contribution in [1.82, 2.24) is 9.78 Å². The zero-order chi connectivity index (χ0) is 13.0. The van der Waals surface area contributed by atoms with Gasteiger partial charge in [-0.3, -0.25) is 4.68 Å². The summed E-state index contributed by atoms with van der Waals surface area (Å²) in [5, 5.41) is 13.6. The second kappa shape index (κ2) is 5.69. The minimum atomic E-state index is 0.0389. The summed E-state index contributed by atoms with van der Waals surface area (Å²) in [6, 6.07) is 9.72. The lowest BCUT2D eigenvalue weighted by Crippen LogP contribution is -2.11. The largest absolute Gasteiger partial charge is 0.492 e. The zero-order valence-corrected chi connectivity index (χ0v) is 10.8. The highest BCUT2D eigenvalue weighted by Crippen LogP contribution is 2.13. The smallest absolute Gasteiger partial charge is 0.119 e. The molecule has 96 valence electrons. The van der Waals surface area contributed by atoms with E-state index >= 15 is 0 Å². The summed E-state index contributed by atoms with van der Waals surface area (Å²) < 4.78 is 7.50. The molecule has 0 spiro atoms. The summed E-state index contributed by atoms with van der Waals surface area (Å²) in [5.41, 5.74) is 2.80. The number of rotatable bonds is 5. The lowest BCUT2D eigenvalue weighted by Gasteiger charge is -2.07. The fourth-order valence-corrected chi connectivity index (χ4v) is 1.95. The first kappa shape index (κ1) is 12.6. The van der Waals surface area contributed by atoms with E-state index in [1.165, 1.54) is 0 Å². The predicted octanol–water partition coefficient (Wildman–Crippen LogP) is 2.07. The van der Waals surface area contributed by atoms with Crippen molar-refractivity contribution in [2.75, 3.05) is 6.61 Å². The van der Waals surface area contributed by atoms with Crippen LogP contribution in [-0.4, -0.2) is 21.5 Å². The number of hydrogen-bond acceptors (Lipinski definition) is 3. The van der Waals surface area contributed by atoms with Gasteiger partial charge in [0.15, 0.2) is 0 Å². The molecule has 0 unspecified atom stereocenters. The van der Waals surface area contributed by atoms with Crippen LogP contribution in [0.4, 0.5) is 0 Å². The van der Waals surface area contributed by atoms with Crippen LogP contribution in [0, 0.1) is 13.8 Å².